The molecule has 0 aromatic heterocycles. The number of guanidine groups is 1. The Morgan fingerprint density at radius 1 is 1.14 bits per heavy atom. The van der Waals surface area contributed by atoms with E-state index in [-0.39, 0.29) is 29.9 Å². The number of nitrogens with one attached hydrogen (secondary N) is 1. The summed E-state index contributed by atoms with van der Waals surface area (Å²) in [6.45, 7) is 9.78. The molecule has 4 atom stereocenters. The molecule has 3 rings (SSSR count). The molecule has 1 aliphatic carbocycles. The van der Waals surface area contributed by atoms with Crippen LogP contribution < -0.4 is 5.32 Å². The van der Waals surface area contributed by atoms with E-state index in [0.717, 1.165) is 37.3 Å². The van der Waals surface area contributed by atoms with Crippen LogP contribution in [-0.2, 0) is 9.84 Å². The van der Waals surface area contributed by atoms with Crippen molar-refractivity contribution in [3.8, 4) is 0 Å². The van der Waals surface area contributed by atoms with Crippen molar-refractivity contribution in [1.82, 2.24) is 10.2 Å². The number of halogens is 1. The number of likely N-dealkylation sites (tertiary alicyclic amines) is 1. The smallest absolute Gasteiger partial charge is 0.194 e. The molecule has 1 saturated carbocycles. The molecule has 5 nitrogen and oxygen atoms in total. The van der Waals surface area contributed by atoms with Crippen LogP contribution in [0, 0.1) is 23.7 Å². The average molecular weight is 526 g/mol. The van der Waals surface area contributed by atoms with Crippen LogP contribution in [0.15, 0.2) is 4.99 Å². The molecule has 164 valence electrons. The molecule has 0 aromatic rings. The summed E-state index contributed by atoms with van der Waals surface area (Å²) < 4.78 is 23.5. The van der Waals surface area contributed by atoms with E-state index in [4.69, 9.17) is 4.99 Å². The van der Waals surface area contributed by atoms with E-state index in [9.17, 15) is 8.42 Å². The second-order valence-corrected chi connectivity index (χ2v) is 11.9. The first-order chi connectivity index (χ1) is 12.8. The van der Waals surface area contributed by atoms with Gasteiger partial charge in [-0.25, -0.2) is 8.42 Å². The standard InChI is InChI=1S/C21H39N3O2S.HI/c1-16(2)12-18-8-10-24(14-18)21(23-20-7-5-4-6-17(20)3)22-13-19-9-11-27(25,26)15-19;/h16-20H,4-15H2,1-3H3,(H,22,23);1H. The molecule has 2 aliphatic heterocycles. The van der Waals surface area contributed by atoms with E-state index >= 15 is 0 Å². The zero-order valence-electron chi connectivity index (χ0n) is 17.9. The van der Waals surface area contributed by atoms with E-state index in [1.54, 1.807) is 0 Å². The molecule has 2 saturated heterocycles. The molecule has 0 spiro atoms. The normalized spacial score (nSPS) is 33.1. The first-order valence-corrected chi connectivity index (χ1v) is 12.9. The van der Waals surface area contributed by atoms with E-state index in [0.29, 0.717) is 30.0 Å². The lowest BCUT2D eigenvalue weighted by Crippen LogP contribution is -2.48. The summed E-state index contributed by atoms with van der Waals surface area (Å²) >= 11 is 0. The van der Waals surface area contributed by atoms with Gasteiger partial charge in [0.15, 0.2) is 15.8 Å². The molecule has 28 heavy (non-hydrogen) atoms. The summed E-state index contributed by atoms with van der Waals surface area (Å²) in [4.78, 5) is 7.40. The fraction of sp³-hybridized carbons (Fsp3) is 0.952. The van der Waals surface area contributed by atoms with Gasteiger partial charge < -0.3 is 10.2 Å². The van der Waals surface area contributed by atoms with E-state index in [1.165, 1.54) is 38.5 Å². The van der Waals surface area contributed by atoms with Gasteiger partial charge in [0, 0.05) is 25.7 Å². The highest BCUT2D eigenvalue weighted by Crippen LogP contribution is 2.27. The summed E-state index contributed by atoms with van der Waals surface area (Å²) in [5.74, 6) is 4.09. The van der Waals surface area contributed by atoms with Crippen LogP contribution >= 0.6 is 24.0 Å². The molecule has 2 heterocycles. The predicted molar refractivity (Wildman–Crippen MR) is 128 cm³/mol. The minimum absolute atomic E-state index is 0. The monoisotopic (exact) mass is 525 g/mol. The highest BCUT2D eigenvalue weighted by molar-refractivity contribution is 14.0. The van der Waals surface area contributed by atoms with Crippen LogP contribution in [0.3, 0.4) is 0 Å². The van der Waals surface area contributed by atoms with Gasteiger partial charge in [-0.15, -0.1) is 24.0 Å². The van der Waals surface area contributed by atoms with E-state index < -0.39 is 9.84 Å². The van der Waals surface area contributed by atoms with Gasteiger partial charge in [0.05, 0.1) is 11.5 Å². The molecule has 0 bridgehead atoms. The van der Waals surface area contributed by atoms with Crippen LogP contribution in [0.25, 0.3) is 0 Å². The minimum atomic E-state index is -2.82. The Bertz CT molecular complexity index is 623. The van der Waals surface area contributed by atoms with Crippen molar-refractivity contribution in [2.75, 3.05) is 31.1 Å². The lowest BCUT2D eigenvalue weighted by atomic mass is 9.86. The second kappa shape index (κ2) is 10.8. The largest absolute Gasteiger partial charge is 0.353 e. The van der Waals surface area contributed by atoms with Gasteiger partial charge in [-0.1, -0.05) is 33.6 Å². The lowest BCUT2D eigenvalue weighted by Gasteiger charge is -2.33. The third-order valence-corrected chi connectivity index (χ3v) is 8.48. The third kappa shape index (κ3) is 7.03. The highest BCUT2D eigenvalue weighted by atomic mass is 127. The van der Waals surface area contributed by atoms with Crippen LogP contribution in [0.2, 0.25) is 0 Å². The number of rotatable bonds is 5. The van der Waals surface area contributed by atoms with Crippen molar-refractivity contribution in [2.45, 2.75) is 71.8 Å². The molecule has 4 unspecified atom stereocenters. The zero-order chi connectivity index (χ0) is 19.4. The van der Waals surface area contributed by atoms with Crippen LogP contribution in [-0.4, -0.2) is 56.5 Å². The number of nitrogens with zero attached hydrogens (tertiary/aromatic N) is 2. The van der Waals surface area contributed by atoms with Crippen LogP contribution in [0.1, 0.15) is 65.7 Å². The first kappa shape index (κ1) is 24.2. The fourth-order valence-corrected chi connectivity index (χ4v) is 6.90. The Hall–Kier alpha value is -0.0500. The maximum atomic E-state index is 11.8. The van der Waals surface area contributed by atoms with E-state index in [2.05, 4.69) is 31.0 Å². The van der Waals surface area contributed by atoms with Crippen molar-refractivity contribution in [1.29, 1.82) is 0 Å². The van der Waals surface area contributed by atoms with Gasteiger partial charge in [0.25, 0.3) is 0 Å². The second-order valence-electron chi connectivity index (χ2n) is 9.68. The maximum absolute atomic E-state index is 11.8. The van der Waals surface area contributed by atoms with Gasteiger partial charge in [-0.2, -0.15) is 0 Å². The number of hydrogen-bond donors (Lipinski definition) is 1. The summed E-state index contributed by atoms with van der Waals surface area (Å²) in [5, 5.41) is 3.79. The van der Waals surface area contributed by atoms with Crippen molar-refractivity contribution in [3.05, 3.63) is 0 Å². The Morgan fingerprint density at radius 3 is 2.54 bits per heavy atom. The molecular weight excluding hydrogens is 485 g/mol. The molecule has 1 N–H and O–H groups in total. The van der Waals surface area contributed by atoms with Gasteiger partial charge in [-0.05, 0) is 55.8 Å². The molecule has 0 radical (unpaired) electrons. The summed E-state index contributed by atoms with van der Waals surface area (Å²) in [6, 6.07) is 0.508. The highest BCUT2D eigenvalue weighted by Gasteiger charge is 2.31. The van der Waals surface area contributed by atoms with Crippen LogP contribution in [0.5, 0.6) is 0 Å². The van der Waals surface area contributed by atoms with Gasteiger partial charge in [0.1, 0.15) is 0 Å². The van der Waals surface area contributed by atoms with Gasteiger partial charge >= 0.3 is 0 Å². The number of hydrogen-bond acceptors (Lipinski definition) is 3. The Morgan fingerprint density at radius 2 is 1.89 bits per heavy atom. The zero-order valence-corrected chi connectivity index (χ0v) is 21.0. The molecule has 0 amide bonds. The Labute approximate surface area is 189 Å². The number of sulfone groups is 1. The van der Waals surface area contributed by atoms with Crippen molar-refractivity contribution in [2.24, 2.45) is 28.7 Å². The lowest BCUT2D eigenvalue weighted by molar-refractivity contribution is 0.297. The molecule has 0 aromatic carbocycles. The predicted octanol–water partition coefficient (Wildman–Crippen LogP) is 3.93. The van der Waals surface area contributed by atoms with Crippen LogP contribution in [0.4, 0.5) is 0 Å². The van der Waals surface area contributed by atoms with Crippen molar-refractivity contribution in [3.63, 3.8) is 0 Å². The quantitative estimate of drug-likeness (QED) is 0.336. The summed E-state index contributed by atoms with van der Waals surface area (Å²) in [6.07, 6.45) is 8.46. The Kier molecular flexibility index (Phi) is 9.36. The summed E-state index contributed by atoms with van der Waals surface area (Å²) in [7, 11) is -2.82. The van der Waals surface area contributed by atoms with Crippen molar-refractivity contribution >= 4 is 39.8 Å². The van der Waals surface area contributed by atoms with Crippen molar-refractivity contribution < 1.29 is 8.42 Å². The van der Waals surface area contributed by atoms with Gasteiger partial charge in [0.2, 0.25) is 0 Å². The average Bonchev–Trinajstić information content (AvgIpc) is 3.18. The summed E-state index contributed by atoms with van der Waals surface area (Å²) in [5.41, 5.74) is 0. The fourth-order valence-electron chi connectivity index (χ4n) is 5.05. The minimum Gasteiger partial charge on any atom is -0.353 e. The molecular formula is C21H40IN3O2S. The molecule has 3 aliphatic rings. The molecule has 3 fully saturated rings. The number of aliphatic imine (C=N–C) groups is 1. The molecule has 7 heteroatoms. The Balaban J connectivity index is 0.00000280. The maximum Gasteiger partial charge on any atom is 0.194 e. The van der Waals surface area contributed by atoms with E-state index in [1.807, 2.05) is 0 Å². The van der Waals surface area contributed by atoms with Gasteiger partial charge in [-0.3, -0.25) is 4.99 Å². The third-order valence-electron chi connectivity index (χ3n) is 6.64. The first-order valence-electron chi connectivity index (χ1n) is 11.1. The SMILES string of the molecule is CC(C)CC1CCN(C(=NCC2CCS(=O)(=O)C2)NC2CCCCC2C)C1.I. The topological polar surface area (TPSA) is 61.8 Å².